The van der Waals surface area contributed by atoms with Crippen molar-refractivity contribution in [1.29, 1.82) is 0 Å². The summed E-state index contributed by atoms with van der Waals surface area (Å²) >= 11 is 0. The van der Waals surface area contributed by atoms with Gasteiger partial charge in [0.2, 0.25) is 5.91 Å². The minimum absolute atomic E-state index is 0.0269. The molecule has 2 aromatic carbocycles. The lowest BCUT2D eigenvalue weighted by Crippen LogP contribution is -2.35. The molecule has 26 heavy (non-hydrogen) atoms. The fourth-order valence-electron chi connectivity index (χ4n) is 2.43. The molecule has 2 amide bonds. The average Bonchev–Trinajstić information content (AvgIpc) is 2.63. The Labute approximate surface area is 154 Å². The van der Waals surface area contributed by atoms with Crippen LogP contribution < -0.4 is 10.1 Å². The highest BCUT2D eigenvalue weighted by molar-refractivity contribution is 5.99. The number of nitrogens with zero attached hydrogens (tertiary/aromatic N) is 1. The molecule has 0 aliphatic carbocycles. The summed E-state index contributed by atoms with van der Waals surface area (Å²) in [4.78, 5) is 26.1. The van der Waals surface area contributed by atoms with E-state index in [2.05, 4.69) is 11.9 Å². The number of amides is 2. The van der Waals surface area contributed by atoms with Crippen molar-refractivity contribution in [3.63, 3.8) is 0 Å². The third kappa shape index (κ3) is 4.96. The summed E-state index contributed by atoms with van der Waals surface area (Å²) in [5.74, 6) is 0.202. The maximum atomic E-state index is 12.5. The number of aryl methyl sites for hydroxylation is 1. The maximum Gasteiger partial charge on any atom is 0.254 e. The second kappa shape index (κ2) is 8.85. The number of carbonyl (C=O) groups is 2. The van der Waals surface area contributed by atoms with E-state index < -0.39 is 0 Å². The first-order chi connectivity index (χ1) is 12.4. The molecule has 2 rings (SSSR count). The first-order valence-corrected chi connectivity index (χ1v) is 8.37. The van der Waals surface area contributed by atoms with Gasteiger partial charge in [0.15, 0.2) is 0 Å². The zero-order chi connectivity index (χ0) is 19.1. The number of rotatable bonds is 7. The summed E-state index contributed by atoms with van der Waals surface area (Å²) in [6, 6.07) is 12.5. The summed E-state index contributed by atoms with van der Waals surface area (Å²) in [5.41, 5.74) is 3.38. The number of likely N-dealkylation sites (N-methyl/N-ethyl adjacent to an activating group) is 1. The molecule has 0 bridgehead atoms. The van der Waals surface area contributed by atoms with Crippen LogP contribution in [0.2, 0.25) is 0 Å². The van der Waals surface area contributed by atoms with Crippen molar-refractivity contribution in [2.24, 2.45) is 0 Å². The lowest BCUT2D eigenvalue weighted by Gasteiger charge is -2.18. The van der Waals surface area contributed by atoms with Crippen LogP contribution in [0.5, 0.6) is 5.75 Å². The van der Waals surface area contributed by atoms with Gasteiger partial charge in [0, 0.05) is 18.3 Å². The number of nitrogens with one attached hydrogen (secondary N) is 1. The Morgan fingerprint density at radius 1 is 1.15 bits per heavy atom. The quantitative estimate of drug-likeness (QED) is 0.775. The Morgan fingerprint density at radius 3 is 2.50 bits per heavy atom. The minimum Gasteiger partial charge on any atom is -0.490 e. The maximum absolute atomic E-state index is 12.5. The number of hydrogen-bond donors (Lipinski definition) is 1. The van der Waals surface area contributed by atoms with Crippen LogP contribution in [0.4, 0.5) is 5.69 Å². The molecule has 0 unspecified atom stereocenters. The molecule has 1 N–H and O–H groups in total. The lowest BCUT2D eigenvalue weighted by atomic mass is 10.1. The van der Waals surface area contributed by atoms with Gasteiger partial charge in [0.25, 0.3) is 5.91 Å². The van der Waals surface area contributed by atoms with Crippen LogP contribution in [-0.4, -0.2) is 36.9 Å². The monoisotopic (exact) mass is 352 g/mol. The summed E-state index contributed by atoms with van der Waals surface area (Å²) in [5, 5.41) is 2.86. The highest BCUT2D eigenvalue weighted by atomic mass is 16.5. The van der Waals surface area contributed by atoms with Crippen LogP contribution in [0.3, 0.4) is 0 Å². The SMILES string of the molecule is C=CCOc1ccc(C(=O)N(C)CC(=O)Nc2cccc(C)c2C)cc1. The number of carbonyl (C=O) groups excluding carboxylic acids is 2. The second-order valence-corrected chi connectivity index (χ2v) is 6.08. The summed E-state index contributed by atoms with van der Waals surface area (Å²) in [6.07, 6.45) is 1.65. The topological polar surface area (TPSA) is 58.6 Å². The Balaban J connectivity index is 1.96. The van der Waals surface area contributed by atoms with Gasteiger partial charge >= 0.3 is 0 Å². The van der Waals surface area contributed by atoms with Crippen molar-refractivity contribution in [2.75, 3.05) is 25.5 Å². The summed E-state index contributed by atoms with van der Waals surface area (Å²) in [6.45, 7) is 7.91. The molecule has 0 fully saturated rings. The Bertz CT molecular complexity index is 797. The van der Waals surface area contributed by atoms with E-state index in [1.165, 1.54) is 4.90 Å². The van der Waals surface area contributed by atoms with Crippen molar-refractivity contribution in [3.8, 4) is 5.75 Å². The zero-order valence-corrected chi connectivity index (χ0v) is 15.4. The predicted molar refractivity (Wildman–Crippen MR) is 104 cm³/mol. The van der Waals surface area contributed by atoms with Crippen LogP contribution in [0.15, 0.2) is 55.1 Å². The first-order valence-electron chi connectivity index (χ1n) is 8.37. The standard InChI is InChI=1S/C21H24N2O3/c1-5-13-26-18-11-9-17(10-12-18)21(25)23(4)14-20(24)22-19-8-6-7-15(2)16(19)3/h5-12H,1,13-14H2,2-4H3,(H,22,24). The number of ether oxygens (including phenoxy) is 1. The Kier molecular flexibility index (Phi) is 6.55. The molecule has 0 spiro atoms. The molecule has 0 aromatic heterocycles. The van der Waals surface area contributed by atoms with Crippen molar-refractivity contribution < 1.29 is 14.3 Å². The van der Waals surface area contributed by atoms with E-state index in [1.807, 2.05) is 32.0 Å². The number of benzene rings is 2. The lowest BCUT2D eigenvalue weighted by molar-refractivity contribution is -0.116. The van der Waals surface area contributed by atoms with Gasteiger partial charge in [0.05, 0.1) is 6.54 Å². The first kappa shape index (κ1) is 19.2. The van der Waals surface area contributed by atoms with Gasteiger partial charge < -0.3 is 15.0 Å². The fraction of sp³-hybridized carbons (Fsp3) is 0.238. The summed E-state index contributed by atoms with van der Waals surface area (Å²) < 4.78 is 5.40. The molecule has 136 valence electrons. The Hall–Kier alpha value is -3.08. The number of hydrogen-bond acceptors (Lipinski definition) is 3. The summed E-state index contributed by atoms with van der Waals surface area (Å²) in [7, 11) is 1.60. The normalized spacial score (nSPS) is 10.1. The molecule has 5 nitrogen and oxygen atoms in total. The highest BCUT2D eigenvalue weighted by Crippen LogP contribution is 2.18. The number of anilines is 1. The van der Waals surface area contributed by atoms with E-state index in [-0.39, 0.29) is 18.4 Å². The third-order valence-corrected chi connectivity index (χ3v) is 4.08. The van der Waals surface area contributed by atoms with Crippen molar-refractivity contribution >= 4 is 17.5 Å². The van der Waals surface area contributed by atoms with Crippen LogP contribution in [0, 0.1) is 13.8 Å². The largest absolute Gasteiger partial charge is 0.490 e. The minimum atomic E-state index is -0.236. The van der Waals surface area contributed by atoms with Gasteiger partial charge in [-0.1, -0.05) is 24.8 Å². The molecule has 2 aromatic rings. The van der Waals surface area contributed by atoms with Crippen LogP contribution in [-0.2, 0) is 4.79 Å². The molecule has 0 aliphatic rings. The highest BCUT2D eigenvalue weighted by Gasteiger charge is 2.15. The van der Waals surface area contributed by atoms with E-state index in [1.54, 1.807) is 37.4 Å². The van der Waals surface area contributed by atoms with E-state index in [0.717, 1.165) is 16.8 Å². The molecule has 0 saturated carbocycles. The van der Waals surface area contributed by atoms with Crippen LogP contribution >= 0.6 is 0 Å². The molecular weight excluding hydrogens is 328 g/mol. The van der Waals surface area contributed by atoms with Gasteiger partial charge in [-0.25, -0.2) is 0 Å². The average molecular weight is 352 g/mol. The molecule has 5 heteroatoms. The van der Waals surface area contributed by atoms with Crippen molar-refractivity contribution in [3.05, 3.63) is 71.8 Å². The smallest absolute Gasteiger partial charge is 0.254 e. The molecule has 0 saturated heterocycles. The molecule has 0 atom stereocenters. The predicted octanol–water partition coefficient (Wildman–Crippen LogP) is 3.58. The van der Waals surface area contributed by atoms with E-state index in [0.29, 0.717) is 17.9 Å². The van der Waals surface area contributed by atoms with Crippen LogP contribution in [0.1, 0.15) is 21.5 Å². The van der Waals surface area contributed by atoms with E-state index in [4.69, 9.17) is 4.74 Å². The van der Waals surface area contributed by atoms with Gasteiger partial charge in [-0.05, 0) is 55.3 Å². The van der Waals surface area contributed by atoms with Gasteiger partial charge in [-0.2, -0.15) is 0 Å². The van der Waals surface area contributed by atoms with E-state index >= 15 is 0 Å². The van der Waals surface area contributed by atoms with Gasteiger partial charge in [-0.3, -0.25) is 9.59 Å². The third-order valence-electron chi connectivity index (χ3n) is 4.08. The van der Waals surface area contributed by atoms with Crippen molar-refractivity contribution in [2.45, 2.75) is 13.8 Å². The molecule has 0 aliphatic heterocycles. The molecule has 0 radical (unpaired) electrons. The molecule has 0 heterocycles. The molecular formula is C21H24N2O3. The second-order valence-electron chi connectivity index (χ2n) is 6.08. The van der Waals surface area contributed by atoms with Gasteiger partial charge in [-0.15, -0.1) is 0 Å². The Morgan fingerprint density at radius 2 is 1.85 bits per heavy atom. The van der Waals surface area contributed by atoms with Gasteiger partial charge in [0.1, 0.15) is 12.4 Å². The fourth-order valence-corrected chi connectivity index (χ4v) is 2.43. The zero-order valence-electron chi connectivity index (χ0n) is 15.4. The van der Waals surface area contributed by atoms with E-state index in [9.17, 15) is 9.59 Å². The van der Waals surface area contributed by atoms with Crippen LogP contribution in [0.25, 0.3) is 0 Å². The van der Waals surface area contributed by atoms with Crippen molar-refractivity contribution in [1.82, 2.24) is 4.90 Å².